The van der Waals surface area contributed by atoms with Gasteiger partial charge in [-0.25, -0.2) is 4.79 Å². The lowest BCUT2D eigenvalue weighted by Crippen LogP contribution is -2.31. The molecule has 0 saturated carbocycles. The number of nitrogens with one attached hydrogen (secondary N) is 1. The van der Waals surface area contributed by atoms with Crippen molar-refractivity contribution in [3.8, 4) is 11.6 Å². The van der Waals surface area contributed by atoms with E-state index in [4.69, 9.17) is 4.74 Å². The molecular weight excluding hydrogens is 220 g/mol. The molecule has 1 aromatic carbocycles. The van der Waals surface area contributed by atoms with Crippen molar-refractivity contribution in [1.29, 1.82) is 0 Å². The van der Waals surface area contributed by atoms with Gasteiger partial charge in [0.1, 0.15) is 5.75 Å². The molecule has 1 aromatic heterocycles. The summed E-state index contributed by atoms with van der Waals surface area (Å²) in [5, 5.41) is 0. The number of benzene rings is 1. The molecule has 0 aliphatic carbocycles. The highest BCUT2D eigenvalue weighted by Crippen LogP contribution is 2.17. The zero-order chi connectivity index (χ0) is 12.4. The molecule has 0 radical (unpaired) electrons. The quantitative estimate of drug-likeness (QED) is 0.845. The second-order valence-electron chi connectivity index (χ2n) is 3.75. The molecule has 0 unspecified atom stereocenters. The number of aromatic amines is 1. The van der Waals surface area contributed by atoms with Gasteiger partial charge in [0.2, 0.25) is 5.88 Å². The summed E-state index contributed by atoms with van der Waals surface area (Å²) in [6.45, 7) is 1.93. The van der Waals surface area contributed by atoms with Gasteiger partial charge in [-0.3, -0.25) is 14.3 Å². The molecule has 0 aliphatic heterocycles. The average molecular weight is 232 g/mol. The molecule has 0 fully saturated rings. The van der Waals surface area contributed by atoms with Crippen LogP contribution in [0.3, 0.4) is 0 Å². The Morgan fingerprint density at radius 2 is 2.00 bits per heavy atom. The standard InChI is InChI=1S/C12H12N2O3/c1-8-4-3-5-9(6-8)17-10-7-11(15)14(2)12(16)13-10/h3-7H,1-2H3,(H,13,16). The van der Waals surface area contributed by atoms with Crippen LogP contribution in [-0.4, -0.2) is 9.55 Å². The van der Waals surface area contributed by atoms with Crippen molar-refractivity contribution in [2.45, 2.75) is 6.92 Å². The number of aryl methyl sites for hydroxylation is 1. The summed E-state index contributed by atoms with van der Waals surface area (Å²) in [6, 6.07) is 8.58. The maximum Gasteiger partial charge on any atom is 0.330 e. The van der Waals surface area contributed by atoms with Crippen LogP contribution >= 0.6 is 0 Å². The van der Waals surface area contributed by atoms with Gasteiger partial charge in [-0.2, -0.15) is 0 Å². The number of hydrogen-bond donors (Lipinski definition) is 1. The molecule has 2 rings (SSSR count). The van der Waals surface area contributed by atoms with E-state index in [2.05, 4.69) is 4.98 Å². The second kappa shape index (κ2) is 4.29. The molecule has 0 amide bonds. The summed E-state index contributed by atoms with van der Waals surface area (Å²) in [6.07, 6.45) is 0. The van der Waals surface area contributed by atoms with E-state index in [1.807, 2.05) is 25.1 Å². The molecule has 88 valence electrons. The Hall–Kier alpha value is -2.30. The third kappa shape index (κ3) is 2.44. The monoisotopic (exact) mass is 232 g/mol. The number of rotatable bonds is 2. The molecule has 0 bridgehead atoms. The fourth-order valence-corrected chi connectivity index (χ4v) is 1.40. The topological polar surface area (TPSA) is 64.1 Å². The summed E-state index contributed by atoms with van der Waals surface area (Å²) in [5.41, 5.74) is 0.130. The highest BCUT2D eigenvalue weighted by Gasteiger charge is 2.02. The molecule has 5 heteroatoms. The molecular formula is C12H12N2O3. The van der Waals surface area contributed by atoms with Crippen molar-refractivity contribution in [2.24, 2.45) is 7.05 Å². The van der Waals surface area contributed by atoms with Crippen LogP contribution in [0.1, 0.15) is 5.56 Å². The van der Waals surface area contributed by atoms with Gasteiger partial charge < -0.3 is 4.74 Å². The van der Waals surface area contributed by atoms with E-state index < -0.39 is 11.2 Å². The van der Waals surface area contributed by atoms with E-state index in [9.17, 15) is 9.59 Å². The van der Waals surface area contributed by atoms with E-state index in [1.54, 1.807) is 6.07 Å². The average Bonchev–Trinajstić information content (AvgIpc) is 2.26. The van der Waals surface area contributed by atoms with Crippen LogP contribution in [0.25, 0.3) is 0 Å². The van der Waals surface area contributed by atoms with Crippen molar-refractivity contribution in [2.75, 3.05) is 0 Å². The zero-order valence-electron chi connectivity index (χ0n) is 9.56. The first-order chi connectivity index (χ1) is 8.06. The highest BCUT2D eigenvalue weighted by atomic mass is 16.5. The highest BCUT2D eigenvalue weighted by molar-refractivity contribution is 5.30. The molecule has 0 saturated heterocycles. The zero-order valence-corrected chi connectivity index (χ0v) is 9.56. The predicted octanol–water partition coefficient (Wildman–Crippen LogP) is 1.17. The van der Waals surface area contributed by atoms with Gasteiger partial charge in [0.15, 0.2) is 0 Å². The molecule has 1 heterocycles. The van der Waals surface area contributed by atoms with Crippen molar-refractivity contribution >= 4 is 0 Å². The van der Waals surface area contributed by atoms with Gasteiger partial charge in [0.05, 0.1) is 6.07 Å². The number of ether oxygens (including phenoxy) is 1. The Bertz CT molecular complexity index is 624. The molecule has 0 atom stereocenters. The Kier molecular flexibility index (Phi) is 2.82. The fourth-order valence-electron chi connectivity index (χ4n) is 1.40. The minimum atomic E-state index is -0.500. The predicted molar refractivity (Wildman–Crippen MR) is 63.6 cm³/mol. The third-order valence-corrected chi connectivity index (χ3v) is 2.34. The minimum Gasteiger partial charge on any atom is -0.441 e. The van der Waals surface area contributed by atoms with Gasteiger partial charge in [-0.05, 0) is 24.6 Å². The first-order valence-electron chi connectivity index (χ1n) is 5.11. The molecule has 0 spiro atoms. The van der Waals surface area contributed by atoms with Gasteiger partial charge in [0, 0.05) is 7.05 Å². The van der Waals surface area contributed by atoms with Gasteiger partial charge in [0.25, 0.3) is 5.56 Å². The summed E-state index contributed by atoms with van der Waals surface area (Å²) in [5.74, 6) is 0.720. The number of H-pyrrole nitrogens is 1. The van der Waals surface area contributed by atoms with Crippen LogP contribution in [0.2, 0.25) is 0 Å². The van der Waals surface area contributed by atoms with Crippen LogP contribution in [0.5, 0.6) is 11.6 Å². The van der Waals surface area contributed by atoms with Gasteiger partial charge in [-0.1, -0.05) is 12.1 Å². The molecule has 17 heavy (non-hydrogen) atoms. The van der Waals surface area contributed by atoms with E-state index >= 15 is 0 Å². The SMILES string of the molecule is Cc1cccc(Oc2cc(=O)n(C)c(=O)[nH]2)c1. The lowest BCUT2D eigenvalue weighted by atomic mass is 10.2. The van der Waals surface area contributed by atoms with Crippen LogP contribution in [-0.2, 0) is 7.05 Å². The number of nitrogens with zero attached hydrogens (tertiary/aromatic N) is 1. The summed E-state index contributed by atoms with van der Waals surface area (Å²) in [4.78, 5) is 25.2. The minimum absolute atomic E-state index is 0.142. The van der Waals surface area contributed by atoms with E-state index in [1.165, 1.54) is 13.1 Å². The van der Waals surface area contributed by atoms with Crippen molar-refractivity contribution in [3.05, 3.63) is 56.7 Å². The van der Waals surface area contributed by atoms with Crippen molar-refractivity contribution in [1.82, 2.24) is 9.55 Å². The lowest BCUT2D eigenvalue weighted by Gasteiger charge is -2.06. The summed E-state index contributed by atoms with van der Waals surface area (Å²) in [7, 11) is 1.40. The molecule has 0 aliphatic rings. The van der Waals surface area contributed by atoms with E-state index in [0.29, 0.717) is 5.75 Å². The van der Waals surface area contributed by atoms with Crippen LogP contribution in [0.15, 0.2) is 39.9 Å². The maximum atomic E-state index is 11.4. The van der Waals surface area contributed by atoms with Crippen molar-refractivity contribution < 1.29 is 4.74 Å². The Morgan fingerprint density at radius 3 is 2.65 bits per heavy atom. The molecule has 5 nitrogen and oxygen atoms in total. The van der Waals surface area contributed by atoms with Gasteiger partial charge in [-0.15, -0.1) is 0 Å². The smallest absolute Gasteiger partial charge is 0.330 e. The first kappa shape index (κ1) is 11.2. The molecule has 2 aromatic rings. The normalized spacial score (nSPS) is 10.2. The molecule has 1 N–H and O–H groups in total. The maximum absolute atomic E-state index is 11.4. The van der Waals surface area contributed by atoms with E-state index in [0.717, 1.165) is 10.1 Å². The van der Waals surface area contributed by atoms with Crippen LogP contribution < -0.4 is 16.0 Å². The second-order valence-corrected chi connectivity index (χ2v) is 3.75. The van der Waals surface area contributed by atoms with Gasteiger partial charge >= 0.3 is 5.69 Å². The Morgan fingerprint density at radius 1 is 1.24 bits per heavy atom. The van der Waals surface area contributed by atoms with Crippen LogP contribution in [0.4, 0.5) is 0 Å². The van der Waals surface area contributed by atoms with E-state index in [-0.39, 0.29) is 5.88 Å². The first-order valence-corrected chi connectivity index (χ1v) is 5.11. The summed E-state index contributed by atoms with van der Waals surface area (Å²) >= 11 is 0. The Labute approximate surface area is 97.3 Å². The van der Waals surface area contributed by atoms with Crippen molar-refractivity contribution in [3.63, 3.8) is 0 Å². The Balaban J connectivity index is 2.37. The van der Waals surface area contributed by atoms with Crippen LogP contribution in [0, 0.1) is 6.92 Å². The largest absolute Gasteiger partial charge is 0.441 e. The number of aromatic nitrogens is 2. The summed E-state index contributed by atoms with van der Waals surface area (Å²) < 4.78 is 6.38. The number of hydrogen-bond acceptors (Lipinski definition) is 3. The fraction of sp³-hybridized carbons (Fsp3) is 0.167. The lowest BCUT2D eigenvalue weighted by molar-refractivity contribution is 0.454. The third-order valence-electron chi connectivity index (χ3n) is 2.34.